The third kappa shape index (κ3) is 4.78. The van der Waals surface area contributed by atoms with Crippen LogP contribution < -0.4 is 9.47 Å². The van der Waals surface area contributed by atoms with Crippen LogP contribution in [-0.2, 0) is 4.79 Å². The van der Waals surface area contributed by atoms with E-state index in [1.54, 1.807) is 24.0 Å². The van der Waals surface area contributed by atoms with E-state index in [2.05, 4.69) is 0 Å². The minimum absolute atomic E-state index is 0.0927. The van der Waals surface area contributed by atoms with E-state index in [1.807, 2.05) is 6.92 Å². The number of carbonyl (C=O) groups is 2. The molecule has 0 heterocycles. The first-order valence-corrected chi connectivity index (χ1v) is 8.80. The lowest BCUT2D eigenvalue weighted by Gasteiger charge is -2.25. The Bertz CT molecular complexity index is 645. The highest BCUT2D eigenvalue weighted by Gasteiger charge is 2.35. The average molecular weight is 370 g/mol. The normalized spacial score (nSPS) is 14.7. The molecule has 0 aliphatic heterocycles. The summed E-state index contributed by atoms with van der Waals surface area (Å²) >= 11 is 6.28. The predicted octanol–water partition coefficient (Wildman–Crippen LogP) is 3.46. The first-order valence-electron chi connectivity index (χ1n) is 8.43. The quantitative estimate of drug-likeness (QED) is 0.721. The van der Waals surface area contributed by atoms with E-state index < -0.39 is 11.9 Å². The second kappa shape index (κ2) is 8.43. The van der Waals surface area contributed by atoms with Crippen molar-refractivity contribution in [2.45, 2.75) is 39.2 Å². The molecule has 1 aromatic rings. The molecule has 1 saturated carbocycles. The Morgan fingerprint density at radius 2 is 2.08 bits per heavy atom. The molecule has 1 aliphatic carbocycles. The Hall–Kier alpha value is -1.95. The number of methoxy groups -OCH3 is 1. The maximum atomic E-state index is 12.9. The summed E-state index contributed by atoms with van der Waals surface area (Å²) in [5.41, 5.74) is 0.371. The molecule has 1 unspecified atom stereocenters. The Morgan fingerprint density at radius 1 is 1.40 bits per heavy atom. The number of hydrogen-bond donors (Lipinski definition) is 1. The van der Waals surface area contributed by atoms with Crippen LogP contribution in [0.25, 0.3) is 0 Å². The topological polar surface area (TPSA) is 76.1 Å². The summed E-state index contributed by atoms with van der Waals surface area (Å²) in [4.78, 5) is 25.7. The van der Waals surface area contributed by atoms with E-state index in [-0.39, 0.29) is 18.5 Å². The maximum absolute atomic E-state index is 12.9. The molecule has 1 N–H and O–H groups in total. The summed E-state index contributed by atoms with van der Waals surface area (Å²) in [5, 5.41) is 9.44. The molecule has 0 spiro atoms. The molecule has 1 aromatic carbocycles. The van der Waals surface area contributed by atoms with E-state index in [4.69, 9.17) is 26.2 Å². The highest BCUT2D eigenvalue weighted by atomic mass is 35.5. The Kier molecular flexibility index (Phi) is 6.53. The van der Waals surface area contributed by atoms with Crippen molar-refractivity contribution in [3.8, 4) is 11.5 Å². The van der Waals surface area contributed by atoms with Crippen molar-refractivity contribution in [1.29, 1.82) is 0 Å². The average Bonchev–Trinajstić information content (AvgIpc) is 3.41. The molecule has 7 heteroatoms. The predicted molar refractivity (Wildman–Crippen MR) is 94.6 cm³/mol. The van der Waals surface area contributed by atoms with Gasteiger partial charge in [-0.3, -0.25) is 9.59 Å². The van der Waals surface area contributed by atoms with Gasteiger partial charge in [-0.1, -0.05) is 25.4 Å². The van der Waals surface area contributed by atoms with Gasteiger partial charge in [0.05, 0.1) is 24.7 Å². The van der Waals surface area contributed by atoms with Gasteiger partial charge in [-0.25, -0.2) is 0 Å². The van der Waals surface area contributed by atoms with Gasteiger partial charge in [0, 0.05) is 18.2 Å². The Labute approximate surface area is 152 Å². The van der Waals surface area contributed by atoms with E-state index in [0.717, 1.165) is 19.3 Å². The fourth-order valence-electron chi connectivity index (χ4n) is 2.51. The zero-order valence-corrected chi connectivity index (χ0v) is 15.5. The van der Waals surface area contributed by atoms with Gasteiger partial charge in [0.25, 0.3) is 5.91 Å². The van der Waals surface area contributed by atoms with Gasteiger partial charge < -0.3 is 19.5 Å². The van der Waals surface area contributed by atoms with Crippen LogP contribution in [0.1, 0.15) is 43.5 Å². The number of hydrogen-bond acceptors (Lipinski definition) is 4. The molecule has 1 aliphatic rings. The van der Waals surface area contributed by atoms with Gasteiger partial charge in [-0.15, -0.1) is 0 Å². The van der Waals surface area contributed by atoms with Gasteiger partial charge in [-0.2, -0.15) is 0 Å². The molecule has 0 saturated heterocycles. The number of nitrogens with zero attached hydrogens (tertiary/aromatic N) is 1. The molecule has 6 nitrogen and oxygen atoms in total. The summed E-state index contributed by atoms with van der Waals surface area (Å²) in [6, 6.07) is 3.24. The largest absolute Gasteiger partial charge is 0.493 e. The number of rotatable bonds is 9. The van der Waals surface area contributed by atoms with Crippen LogP contribution in [0.2, 0.25) is 5.02 Å². The van der Waals surface area contributed by atoms with Crippen molar-refractivity contribution in [1.82, 2.24) is 4.90 Å². The lowest BCUT2D eigenvalue weighted by molar-refractivity contribution is -0.141. The summed E-state index contributed by atoms with van der Waals surface area (Å²) in [5.74, 6) is -0.977. The molecular formula is C18H24ClNO5. The fraction of sp³-hybridized carbons (Fsp3) is 0.556. The SMILES string of the molecule is CCCOc1c(Cl)cc(C(=O)N(CC(C)C(=O)O)C2CC2)cc1OC. The molecule has 2 rings (SSSR count). The number of aliphatic carboxylic acids is 1. The minimum atomic E-state index is -0.919. The van der Waals surface area contributed by atoms with Crippen LogP contribution in [0.5, 0.6) is 11.5 Å². The van der Waals surface area contributed by atoms with Crippen LogP contribution in [0, 0.1) is 5.92 Å². The standard InChI is InChI=1S/C18H24ClNO5/c1-4-7-25-16-14(19)8-12(9-15(16)24-3)17(21)20(13-5-6-13)10-11(2)18(22)23/h8-9,11,13H,4-7,10H2,1-3H3,(H,22,23). The van der Waals surface area contributed by atoms with Crippen molar-refractivity contribution in [2.24, 2.45) is 5.92 Å². The summed E-state index contributed by atoms with van der Waals surface area (Å²) < 4.78 is 10.9. The summed E-state index contributed by atoms with van der Waals surface area (Å²) in [6.45, 7) is 4.25. The fourth-order valence-corrected chi connectivity index (χ4v) is 2.78. The van der Waals surface area contributed by atoms with Crippen molar-refractivity contribution in [3.05, 3.63) is 22.7 Å². The number of halogens is 1. The highest BCUT2D eigenvalue weighted by Crippen LogP contribution is 2.38. The number of amides is 1. The van der Waals surface area contributed by atoms with Crippen LogP contribution in [0.15, 0.2) is 12.1 Å². The molecule has 25 heavy (non-hydrogen) atoms. The minimum Gasteiger partial charge on any atom is -0.493 e. The maximum Gasteiger partial charge on any atom is 0.308 e. The van der Waals surface area contributed by atoms with E-state index >= 15 is 0 Å². The second-order valence-electron chi connectivity index (χ2n) is 6.27. The molecule has 1 atom stereocenters. The third-order valence-electron chi connectivity index (χ3n) is 4.07. The van der Waals surface area contributed by atoms with Crippen molar-refractivity contribution >= 4 is 23.5 Å². The van der Waals surface area contributed by atoms with Gasteiger partial charge in [0.15, 0.2) is 11.5 Å². The smallest absolute Gasteiger partial charge is 0.308 e. The van der Waals surface area contributed by atoms with Crippen molar-refractivity contribution in [2.75, 3.05) is 20.3 Å². The second-order valence-corrected chi connectivity index (χ2v) is 6.67. The summed E-state index contributed by atoms with van der Waals surface area (Å²) in [7, 11) is 1.49. The van der Waals surface area contributed by atoms with Crippen LogP contribution in [0.3, 0.4) is 0 Å². The molecular weight excluding hydrogens is 346 g/mol. The first-order chi connectivity index (χ1) is 11.9. The molecule has 1 fully saturated rings. The Morgan fingerprint density at radius 3 is 2.60 bits per heavy atom. The van der Waals surface area contributed by atoms with Crippen LogP contribution in [0.4, 0.5) is 0 Å². The molecule has 0 aromatic heterocycles. The zero-order chi connectivity index (χ0) is 18.6. The molecule has 138 valence electrons. The van der Waals surface area contributed by atoms with E-state index in [1.165, 1.54) is 7.11 Å². The van der Waals surface area contributed by atoms with Crippen LogP contribution >= 0.6 is 11.6 Å². The first kappa shape index (κ1) is 19.4. The van der Waals surface area contributed by atoms with Gasteiger partial charge in [-0.05, 0) is 31.4 Å². The van der Waals surface area contributed by atoms with Crippen LogP contribution in [-0.4, -0.2) is 48.2 Å². The molecule has 1 amide bonds. The van der Waals surface area contributed by atoms with Gasteiger partial charge in [0.1, 0.15) is 0 Å². The Balaban J connectivity index is 2.27. The number of ether oxygens (including phenoxy) is 2. The monoisotopic (exact) mass is 369 g/mol. The molecule has 0 bridgehead atoms. The number of benzene rings is 1. The molecule has 0 radical (unpaired) electrons. The summed E-state index contributed by atoms with van der Waals surface area (Å²) in [6.07, 6.45) is 2.60. The van der Waals surface area contributed by atoms with Gasteiger partial charge >= 0.3 is 5.97 Å². The lowest BCUT2D eigenvalue weighted by atomic mass is 10.1. The van der Waals surface area contributed by atoms with E-state index in [0.29, 0.717) is 28.7 Å². The number of carboxylic acid groups (broad SMARTS) is 1. The number of carbonyl (C=O) groups excluding carboxylic acids is 1. The van der Waals surface area contributed by atoms with E-state index in [9.17, 15) is 9.59 Å². The van der Waals surface area contributed by atoms with Crippen molar-refractivity contribution in [3.63, 3.8) is 0 Å². The third-order valence-corrected chi connectivity index (χ3v) is 4.35. The van der Waals surface area contributed by atoms with Gasteiger partial charge in [0.2, 0.25) is 0 Å². The van der Waals surface area contributed by atoms with Crippen molar-refractivity contribution < 1.29 is 24.2 Å². The highest BCUT2D eigenvalue weighted by molar-refractivity contribution is 6.32. The lowest BCUT2D eigenvalue weighted by Crippen LogP contribution is -2.38. The number of carboxylic acids is 1. The zero-order valence-electron chi connectivity index (χ0n) is 14.8.